The number of nitrogens with two attached hydrogens (primary N) is 1. The Morgan fingerprint density at radius 1 is 1.38 bits per heavy atom. The van der Waals surface area contributed by atoms with Gasteiger partial charge >= 0.3 is 0 Å². The molecule has 0 aromatic heterocycles. The Bertz CT molecular complexity index is 571. The van der Waals surface area contributed by atoms with Crippen molar-refractivity contribution in [3.05, 3.63) is 29.3 Å². The summed E-state index contributed by atoms with van der Waals surface area (Å²) >= 11 is 0. The molecule has 0 aliphatic rings. The predicted octanol–water partition coefficient (Wildman–Crippen LogP) is 2.51. The van der Waals surface area contributed by atoms with Gasteiger partial charge in [0.05, 0.1) is 13.2 Å². The summed E-state index contributed by atoms with van der Waals surface area (Å²) in [4.78, 5) is 11.1. The zero-order valence-electron chi connectivity index (χ0n) is 12.6. The Labute approximate surface area is 125 Å². The Morgan fingerprint density at radius 2 is 2.10 bits per heavy atom. The fourth-order valence-electron chi connectivity index (χ4n) is 1.58. The lowest BCUT2D eigenvalue weighted by atomic mass is 10.1. The number of hydrogen-bond donors (Lipinski definition) is 1. The van der Waals surface area contributed by atoms with E-state index < -0.39 is 5.91 Å². The minimum Gasteiger partial charge on any atom is -0.490 e. The highest BCUT2D eigenvalue weighted by Crippen LogP contribution is 2.29. The first kappa shape index (κ1) is 16.6. The molecule has 0 heterocycles. The molecule has 21 heavy (non-hydrogen) atoms. The van der Waals surface area contributed by atoms with Crippen molar-refractivity contribution in [1.29, 1.82) is 5.26 Å². The third kappa shape index (κ3) is 5.19. The Balaban J connectivity index is 3.08. The van der Waals surface area contributed by atoms with Crippen molar-refractivity contribution in [2.75, 3.05) is 13.2 Å². The molecule has 5 nitrogen and oxygen atoms in total. The quantitative estimate of drug-likeness (QED) is 0.617. The topological polar surface area (TPSA) is 85.3 Å². The van der Waals surface area contributed by atoms with Crippen LogP contribution < -0.4 is 15.2 Å². The molecular formula is C16H20N2O3. The summed E-state index contributed by atoms with van der Waals surface area (Å²) in [6, 6.07) is 7.00. The van der Waals surface area contributed by atoms with Crippen molar-refractivity contribution in [1.82, 2.24) is 0 Å². The van der Waals surface area contributed by atoms with Crippen LogP contribution in [0.3, 0.4) is 0 Å². The fraction of sp³-hybridized carbons (Fsp3) is 0.375. The Morgan fingerprint density at radius 3 is 2.62 bits per heavy atom. The van der Waals surface area contributed by atoms with Crippen LogP contribution >= 0.6 is 0 Å². The number of carbonyl (C=O) groups excluding carboxylic acids is 1. The average Bonchev–Trinajstić information content (AvgIpc) is 2.43. The first-order valence-electron chi connectivity index (χ1n) is 6.79. The van der Waals surface area contributed by atoms with Crippen LogP contribution in [0.15, 0.2) is 23.8 Å². The van der Waals surface area contributed by atoms with Gasteiger partial charge < -0.3 is 15.2 Å². The van der Waals surface area contributed by atoms with Crippen LogP contribution in [0.4, 0.5) is 0 Å². The van der Waals surface area contributed by atoms with Crippen LogP contribution in [-0.4, -0.2) is 19.1 Å². The van der Waals surface area contributed by atoms with E-state index in [2.05, 4.69) is 13.8 Å². The van der Waals surface area contributed by atoms with Gasteiger partial charge in [-0.05, 0) is 36.6 Å². The molecule has 5 heteroatoms. The van der Waals surface area contributed by atoms with E-state index in [1.165, 1.54) is 6.08 Å². The summed E-state index contributed by atoms with van der Waals surface area (Å²) in [5.41, 5.74) is 5.67. The van der Waals surface area contributed by atoms with Crippen LogP contribution in [-0.2, 0) is 4.79 Å². The standard InChI is InChI=1S/C16H20N2O3/c1-4-20-15-8-12(7-13(9-17)16(18)19)5-6-14(15)21-10-11(2)3/h5-8,11H,4,10H2,1-3H3,(H2,18,19)/b13-7+. The second kappa shape index (κ2) is 7.95. The molecular weight excluding hydrogens is 268 g/mol. The number of ether oxygens (including phenoxy) is 2. The van der Waals surface area contributed by atoms with E-state index in [-0.39, 0.29) is 5.57 Å². The summed E-state index contributed by atoms with van der Waals surface area (Å²) in [5.74, 6) is 0.864. The molecule has 0 aliphatic carbocycles. The normalized spacial score (nSPS) is 11.1. The highest BCUT2D eigenvalue weighted by Gasteiger charge is 2.09. The molecule has 1 aromatic carbocycles. The molecule has 112 valence electrons. The Hall–Kier alpha value is -2.48. The van der Waals surface area contributed by atoms with Gasteiger partial charge in [0.25, 0.3) is 5.91 Å². The molecule has 0 radical (unpaired) electrons. The molecule has 1 amide bonds. The van der Waals surface area contributed by atoms with Crippen LogP contribution in [0.1, 0.15) is 26.3 Å². The third-order valence-corrected chi connectivity index (χ3v) is 2.54. The molecule has 0 saturated heterocycles. The van der Waals surface area contributed by atoms with E-state index in [0.29, 0.717) is 36.2 Å². The number of amides is 1. The molecule has 0 saturated carbocycles. The number of nitrogens with zero attached hydrogens (tertiary/aromatic N) is 1. The van der Waals surface area contributed by atoms with Crippen LogP contribution in [0.25, 0.3) is 6.08 Å². The lowest BCUT2D eigenvalue weighted by Gasteiger charge is -2.14. The molecule has 2 N–H and O–H groups in total. The van der Waals surface area contributed by atoms with Crippen molar-refractivity contribution < 1.29 is 14.3 Å². The van der Waals surface area contributed by atoms with Crippen LogP contribution in [0, 0.1) is 17.2 Å². The summed E-state index contributed by atoms with van der Waals surface area (Å²) < 4.78 is 11.2. The molecule has 0 atom stereocenters. The summed E-state index contributed by atoms with van der Waals surface area (Å²) in [6.07, 6.45) is 1.43. The van der Waals surface area contributed by atoms with Gasteiger partial charge in [0.1, 0.15) is 11.6 Å². The van der Waals surface area contributed by atoms with Crippen LogP contribution in [0.2, 0.25) is 0 Å². The van der Waals surface area contributed by atoms with Gasteiger partial charge in [-0.1, -0.05) is 19.9 Å². The summed E-state index contributed by atoms with van der Waals surface area (Å²) in [6.45, 7) is 7.07. The van der Waals surface area contributed by atoms with E-state index in [0.717, 1.165) is 0 Å². The SMILES string of the molecule is CCOc1cc(/C=C(\C#N)C(N)=O)ccc1OCC(C)C. The molecule has 0 bridgehead atoms. The van der Waals surface area contributed by atoms with Gasteiger partial charge in [-0.3, -0.25) is 4.79 Å². The van der Waals surface area contributed by atoms with E-state index in [9.17, 15) is 4.79 Å². The van der Waals surface area contributed by atoms with Crippen molar-refractivity contribution in [3.63, 3.8) is 0 Å². The van der Waals surface area contributed by atoms with Crippen molar-refractivity contribution in [2.45, 2.75) is 20.8 Å². The fourth-order valence-corrected chi connectivity index (χ4v) is 1.58. The van der Waals surface area contributed by atoms with E-state index >= 15 is 0 Å². The second-order valence-electron chi connectivity index (χ2n) is 4.88. The lowest BCUT2D eigenvalue weighted by Crippen LogP contribution is -2.12. The lowest BCUT2D eigenvalue weighted by molar-refractivity contribution is -0.114. The van der Waals surface area contributed by atoms with E-state index in [4.69, 9.17) is 20.5 Å². The van der Waals surface area contributed by atoms with Crippen LogP contribution in [0.5, 0.6) is 11.5 Å². The van der Waals surface area contributed by atoms with Crippen molar-refractivity contribution in [2.24, 2.45) is 11.7 Å². The molecule has 1 rings (SSSR count). The monoisotopic (exact) mass is 288 g/mol. The summed E-state index contributed by atoms with van der Waals surface area (Å²) in [7, 11) is 0. The number of carbonyl (C=O) groups is 1. The zero-order valence-corrected chi connectivity index (χ0v) is 12.6. The zero-order chi connectivity index (χ0) is 15.8. The smallest absolute Gasteiger partial charge is 0.259 e. The largest absolute Gasteiger partial charge is 0.490 e. The molecule has 0 fully saturated rings. The molecule has 0 spiro atoms. The maximum absolute atomic E-state index is 11.1. The van der Waals surface area contributed by atoms with Gasteiger partial charge in [-0.15, -0.1) is 0 Å². The van der Waals surface area contributed by atoms with Crippen molar-refractivity contribution >= 4 is 12.0 Å². The van der Waals surface area contributed by atoms with Gasteiger partial charge in [0.2, 0.25) is 0 Å². The van der Waals surface area contributed by atoms with Gasteiger partial charge in [-0.2, -0.15) is 5.26 Å². The first-order chi connectivity index (χ1) is 9.97. The summed E-state index contributed by atoms with van der Waals surface area (Å²) in [5, 5.41) is 8.86. The minimum absolute atomic E-state index is 0.103. The first-order valence-corrected chi connectivity index (χ1v) is 6.79. The highest BCUT2D eigenvalue weighted by molar-refractivity contribution is 6.00. The number of rotatable bonds is 7. The number of benzene rings is 1. The number of nitriles is 1. The maximum Gasteiger partial charge on any atom is 0.259 e. The van der Waals surface area contributed by atoms with Gasteiger partial charge in [0, 0.05) is 0 Å². The molecule has 0 unspecified atom stereocenters. The van der Waals surface area contributed by atoms with Gasteiger partial charge in [-0.25, -0.2) is 0 Å². The Kier molecular flexibility index (Phi) is 6.28. The van der Waals surface area contributed by atoms with E-state index in [1.807, 2.05) is 6.92 Å². The minimum atomic E-state index is -0.754. The average molecular weight is 288 g/mol. The van der Waals surface area contributed by atoms with Gasteiger partial charge in [0.15, 0.2) is 11.5 Å². The third-order valence-electron chi connectivity index (χ3n) is 2.54. The highest BCUT2D eigenvalue weighted by atomic mass is 16.5. The van der Waals surface area contributed by atoms with E-state index in [1.54, 1.807) is 24.3 Å². The molecule has 0 aliphatic heterocycles. The predicted molar refractivity (Wildman–Crippen MR) is 80.7 cm³/mol. The number of hydrogen-bond acceptors (Lipinski definition) is 4. The maximum atomic E-state index is 11.1. The number of primary amides is 1. The van der Waals surface area contributed by atoms with Crippen molar-refractivity contribution in [3.8, 4) is 17.6 Å². The molecule has 1 aromatic rings. The second-order valence-corrected chi connectivity index (χ2v) is 4.88.